The molecule has 7 rings (SSSR count). The summed E-state index contributed by atoms with van der Waals surface area (Å²) in [6.07, 6.45) is 4.52. The lowest BCUT2D eigenvalue weighted by Crippen LogP contribution is -2.57. The van der Waals surface area contributed by atoms with Gasteiger partial charge in [-0.05, 0) is 53.4 Å². The molecule has 0 saturated heterocycles. The van der Waals surface area contributed by atoms with Gasteiger partial charge in [-0.2, -0.15) is 0 Å². The Hall–Kier alpha value is -5.65. The zero-order valence-electron chi connectivity index (χ0n) is 29.8. The van der Waals surface area contributed by atoms with E-state index in [0.29, 0.717) is 48.7 Å². The molecule has 274 valence electrons. The molecule has 11 nitrogen and oxygen atoms in total. The average molecular weight is 717 g/mol. The van der Waals surface area contributed by atoms with Gasteiger partial charge in [0.25, 0.3) is 11.8 Å². The van der Waals surface area contributed by atoms with Crippen LogP contribution < -0.4 is 30.3 Å². The highest BCUT2D eigenvalue weighted by atomic mass is 16.5. The van der Waals surface area contributed by atoms with E-state index in [2.05, 4.69) is 22.1 Å². The van der Waals surface area contributed by atoms with Gasteiger partial charge in [-0.1, -0.05) is 78.9 Å². The molecule has 0 radical (unpaired) electrons. The molecule has 0 saturated carbocycles. The molecule has 4 N–H and O–H groups in total. The molecule has 0 aromatic heterocycles. The van der Waals surface area contributed by atoms with Crippen LogP contribution in [-0.2, 0) is 34.4 Å². The lowest BCUT2D eigenvalue weighted by molar-refractivity contribution is -0.133. The van der Waals surface area contributed by atoms with Crippen LogP contribution in [0.4, 0.5) is 0 Å². The van der Waals surface area contributed by atoms with Gasteiger partial charge in [0.05, 0.1) is 25.7 Å². The quantitative estimate of drug-likeness (QED) is 0.161. The molecular formula is C42H44N4O7. The number of benzene rings is 4. The SMILES string of the molecule is COc1ccc(C(=O)N[C@@H](Cc2ccccc2)C(=O)N[C@@H](Cc2ccccc2)C(=O)NN2CC[C@@]34C=C[C@H](O)C[C@@H]3Oc3c(OC)ccc(c34)C2)cc1. The smallest absolute Gasteiger partial charge is 0.257 e. The van der Waals surface area contributed by atoms with E-state index >= 15 is 0 Å². The molecule has 0 bridgehead atoms. The maximum atomic E-state index is 14.3. The molecular weight excluding hydrogens is 672 g/mol. The number of aliphatic hydroxyl groups excluding tert-OH is 1. The Bertz CT molecular complexity index is 1970. The first-order valence-corrected chi connectivity index (χ1v) is 17.9. The molecule has 2 heterocycles. The first kappa shape index (κ1) is 35.7. The van der Waals surface area contributed by atoms with Crippen molar-refractivity contribution in [2.24, 2.45) is 0 Å². The maximum Gasteiger partial charge on any atom is 0.257 e. The molecule has 0 unspecified atom stereocenters. The van der Waals surface area contributed by atoms with Crippen LogP contribution in [0.3, 0.4) is 0 Å². The fourth-order valence-electron chi connectivity index (χ4n) is 7.64. The molecule has 1 spiro atoms. The number of hydrogen-bond acceptors (Lipinski definition) is 8. The van der Waals surface area contributed by atoms with Gasteiger partial charge in [0.15, 0.2) is 11.5 Å². The summed E-state index contributed by atoms with van der Waals surface area (Å²) in [7, 11) is 3.16. The number of carbonyl (C=O) groups excluding carboxylic acids is 3. The number of rotatable bonds is 12. The van der Waals surface area contributed by atoms with E-state index < -0.39 is 35.4 Å². The Kier molecular flexibility index (Phi) is 10.5. The van der Waals surface area contributed by atoms with Crippen LogP contribution >= 0.6 is 0 Å². The fourth-order valence-corrected chi connectivity index (χ4v) is 7.64. The summed E-state index contributed by atoms with van der Waals surface area (Å²) >= 11 is 0. The van der Waals surface area contributed by atoms with Crippen molar-refractivity contribution in [3.05, 3.63) is 137 Å². The van der Waals surface area contributed by atoms with E-state index in [1.54, 1.807) is 38.5 Å². The number of hydrazine groups is 1. The summed E-state index contributed by atoms with van der Waals surface area (Å²) in [6.45, 7) is 0.885. The topological polar surface area (TPSA) is 138 Å². The Morgan fingerprint density at radius 3 is 2.15 bits per heavy atom. The van der Waals surface area contributed by atoms with E-state index in [1.807, 2.05) is 83.9 Å². The molecule has 3 aliphatic rings. The minimum absolute atomic E-state index is 0.219. The maximum absolute atomic E-state index is 14.3. The van der Waals surface area contributed by atoms with Gasteiger partial charge in [-0.3, -0.25) is 19.8 Å². The van der Waals surface area contributed by atoms with Crippen molar-refractivity contribution < 1.29 is 33.7 Å². The highest BCUT2D eigenvalue weighted by Gasteiger charge is 2.53. The number of nitrogens with one attached hydrogen (secondary N) is 3. The number of amides is 3. The molecule has 0 fully saturated rings. The number of carbonyl (C=O) groups is 3. The molecule has 3 amide bonds. The second-order valence-electron chi connectivity index (χ2n) is 13.8. The third-order valence-electron chi connectivity index (χ3n) is 10.4. The number of ether oxygens (including phenoxy) is 3. The van der Waals surface area contributed by atoms with Gasteiger partial charge in [0, 0.05) is 43.5 Å². The van der Waals surface area contributed by atoms with Crippen LogP contribution in [-0.4, -0.2) is 72.9 Å². The van der Waals surface area contributed by atoms with E-state index in [4.69, 9.17) is 14.2 Å². The Morgan fingerprint density at radius 1 is 0.849 bits per heavy atom. The largest absolute Gasteiger partial charge is 0.497 e. The van der Waals surface area contributed by atoms with E-state index in [1.165, 1.54) is 0 Å². The minimum Gasteiger partial charge on any atom is -0.497 e. The summed E-state index contributed by atoms with van der Waals surface area (Å²) in [6, 6.07) is 27.5. The normalized spacial score (nSPS) is 21.1. The molecule has 5 atom stereocenters. The first-order valence-electron chi connectivity index (χ1n) is 17.9. The summed E-state index contributed by atoms with van der Waals surface area (Å²) < 4.78 is 17.3. The monoisotopic (exact) mass is 716 g/mol. The van der Waals surface area contributed by atoms with Gasteiger partial charge in [0.2, 0.25) is 5.91 Å². The Morgan fingerprint density at radius 2 is 1.51 bits per heavy atom. The summed E-state index contributed by atoms with van der Waals surface area (Å²) in [5.74, 6) is 0.633. The minimum atomic E-state index is -0.973. The van der Waals surface area contributed by atoms with E-state index in [-0.39, 0.29) is 24.9 Å². The standard InChI is InChI=1S/C42H44N4O7/c1-51-32-16-13-29(14-17-32)39(48)43-33(23-27-9-5-3-6-10-27)40(49)44-34(24-28-11-7-4-8-12-28)41(50)45-46-22-21-42-20-19-31(47)25-36(42)53-38-35(52-2)18-15-30(26-46)37(38)42/h3-20,31,33-34,36,47H,21-26H2,1-2H3,(H,43,48)(H,44,49)(H,45,50)/t31-,33-,34-,36-,42-/m0/s1. The second kappa shape index (κ2) is 15.5. The van der Waals surface area contributed by atoms with Crippen LogP contribution in [0.2, 0.25) is 0 Å². The number of aliphatic hydroxyl groups is 1. The molecule has 2 aliphatic heterocycles. The Labute approximate surface area is 308 Å². The highest BCUT2D eigenvalue weighted by Crippen LogP contribution is 2.55. The van der Waals surface area contributed by atoms with Gasteiger partial charge < -0.3 is 30.0 Å². The predicted molar refractivity (Wildman–Crippen MR) is 198 cm³/mol. The van der Waals surface area contributed by atoms with Crippen molar-refractivity contribution in [3.63, 3.8) is 0 Å². The van der Waals surface area contributed by atoms with Crippen molar-refractivity contribution in [3.8, 4) is 17.2 Å². The van der Waals surface area contributed by atoms with Gasteiger partial charge in [-0.15, -0.1) is 0 Å². The van der Waals surface area contributed by atoms with Gasteiger partial charge in [-0.25, -0.2) is 5.01 Å². The van der Waals surface area contributed by atoms with Crippen molar-refractivity contribution in [1.82, 2.24) is 21.1 Å². The lowest BCUT2D eigenvalue weighted by Gasteiger charge is -2.36. The average Bonchev–Trinajstić information content (AvgIpc) is 3.43. The molecule has 53 heavy (non-hydrogen) atoms. The third kappa shape index (κ3) is 7.62. The number of methoxy groups -OCH3 is 2. The van der Waals surface area contributed by atoms with Crippen LogP contribution in [0.15, 0.2) is 109 Å². The summed E-state index contributed by atoms with van der Waals surface area (Å²) in [5.41, 5.74) is 6.73. The fraction of sp³-hybridized carbons (Fsp3) is 0.310. The second-order valence-corrected chi connectivity index (χ2v) is 13.8. The van der Waals surface area contributed by atoms with Crippen molar-refractivity contribution >= 4 is 17.7 Å². The Balaban J connectivity index is 1.13. The molecule has 1 aliphatic carbocycles. The lowest BCUT2D eigenvalue weighted by atomic mass is 9.69. The van der Waals surface area contributed by atoms with Crippen LogP contribution in [0.5, 0.6) is 17.2 Å². The van der Waals surface area contributed by atoms with Crippen LogP contribution in [0, 0.1) is 0 Å². The van der Waals surface area contributed by atoms with E-state index in [0.717, 1.165) is 22.3 Å². The molecule has 11 heteroatoms. The zero-order chi connectivity index (χ0) is 37.0. The molecule has 4 aromatic carbocycles. The van der Waals surface area contributed by atoms with E-state index in [9.17, 15) is 19.5 Å². The van der Waals surface area contributed by atoms with Crippen molar-refractivity contribution in [2.75, 3.05) is 20.8 Å². The summed E-state index contributed by atoms with van der Waals surface area (Å²) in [5, 5.41) is 18.2. The highest BCUT2D eigenvalue weighted by molar-refractivity contribution is 5.98. The molecule has 4 aromatic rings. The third-order valence-corrected chi connectivity index (χ3v) is 10.4. The van der Waals surface area contributed by atoms with Crippen molar-refractivity contribution in [1.29, 1.82) is 0 Å². The van der Waals surface area contributed by atoms with Crippen molar-refractivity contribution in [2.45, 2.75) is 61.9 Å². The summed E-state index contributed by atoms with van der Waals surface area (Å²) in [4.78, 5) is 41.9. The predicted octanol–water partition coefficient (Wildman–Crippen LogP) is 4.03. The van der Waals surface area contributed by atoms with Crippen LogP contribution in [0.1, 0.15) is 45.5 Å². The van der Waals surface area contributed by atoms with Crippen LogP contribution in [0.25, 0.3) is 0 Å². The van der Waals surface area contributed by atoms with Gasteiger partial charge >= 0.3 is 0 Å². The number of hydrogen-bond donors (Lipinski definition) is 4. The first-order chi connectivity index (χ1) is 25.8. The number of nitrogens with zero attached hydrogens (tertiary/aromatic N) is 1. The zero-order valence-corrected chi connectivity index (χ0v) is 29.8. The van der Waals surface area contributed by atoms with Gasteiger partial charge in [0.1, 0.15) is 23.9 Å².